The SMILES string of the molecule is CCC(NCc1cc(=O)n2ccccc2n1)c1nccs1. The van der Waals surface area contributed by atoms with Gasteiger partial charge in [-0.3, -0.25) is 9.20 Å². The van der Waals surface area contributed by atoms with E-state index in [4.69, 9.17) is 0 Å². The Balaban J connectivity index is 1.80. The van der Waals surface area contributed by atoms with Gasteiger partial charge in [0.2, 0.25) is 0 Å². The van der Waals surface area contributed by atoms with E-state index in [9.17, 15) is 4.79 Å². The number of fused-ring (bicyclic) bond motifs is 1. The van der Waals surface area contributed by atoms with Crippen LogP contribution in [-0.2, 0) is 6.54 Å². The number of aromatic nitrogens is 3. The monoisotopic (exact) mass is 300 g/mol. The summed E-state index contributed by atoms with van der Waals surface area (Å²) in [5, 5.41) is 6.45. The maximum Gasteiger partial charge on any atom is 0.258 e. The van der Waals surface area contributed by atoms with Gasteiger partial charge in [0, 0.05) is 30.4 Å². The Kier molecular flexibility index (Phi) is 4.08. The first-order valence-corrected chi connectivity index (χ1v) is 7.76. The van der Waals surface area contributed by atoms with Gasteiger partial charge in [-0.2, -0.15) is 0 Å². The highest BCUT2D eigenvalue weighted by Gasteiger charge is 2.11. The molecule has 0 aromatic carbocycles. The zero-order chi connectivity index (χ0) is 14.7. The van der Waals surface area contributed by atoms with Crippen LogP contribution in [0, 0.1) is 0 Å². The number of nitrogens with zero attached hydrogens (tertiary/aromatic N) is 3. The molecule has 0 saturated heterocycles. The molecule has 3 heterocycles. The van der Waals surface area contributed by atoms with Crippen LogP contribution in [0.3, 0.4) is 0 Å². The molecule has 0 saturated carbocycles. The minimum absolute atomic E-state index is 0.0558. The fraction of sp³-hybridized carbons (Fsp3) is 0.267. The van der Waals surface area contributed by atoms with E-state index in [1.54, 1.807) is 28.0 Å². The van der Waals surface area contributed by atoms with E-state index >= 15 is 0 Å². The largest absolute Gasteiger partial charge is 0.302 e. The van der Waals surface area contributed by atoms with Gasteiger partial charge in [0.1, 0.15) is 10.7 Å². The molecular formula is C15H16N4OS. The van der Waals surface area contributed by atoms with Gasteiger partial charge in [-0.25, -0.2) is 9.97 Å². The first-order chi connectivity index (χ1) is 10.3. The zero-order valence-electron chi connectivity index (χ0n) is 11.7. The second kappa shape index (κ2) is 6.15. The minimum atomic E-state index is -0.0558. The minimum Gasteiger partial charge on any atom is -0.302 e. The van der Waals surface area contributed by atoms with Crippen molar-refractivity contribution in [1.29, 1.82) is 0 Å². The van der Waals surface area contributed by atoms with Gasteiger partial charge in [0.15, 0.2) is 0 Å². The average Bonchev–Trinajstić information content (AvgIpc) is 3.02. The second-order valence-electron chi connectivity index (χ2n) is 4.73. The summed E-state index contributed by atoms with van der Waals surface area (Å²) in [5.41, 5.74) is 1.37. The highest BCUT2D eigenvalue weighted by molar-refractivity contribution is 7.09. The molecule has 1 N–H and O–H groups in total. The molecule has 3 rings (SSSR count). The van der Waals surface area contributed by atoms with Crippen LogP contribution < -0.4 is 10.9 Å². The number of rotatable bonds is 5. The van der Waals surface area contributed by atoms with Crippen LogP contribution in [0.15, 0.2) is 46.8 Å². The van der Waals surface area contributed by atoms with E-state index in [1.807, 2.05) is 29.8 Å². The molecule has 6 heteroatoms. The molecule has 1 atom stereocenters. The molecule has 108 valence electrons. The standard InChI is InChI=1S/C15H16N4OS/c1-2-12(15-16-6-8-21-15)17-10-11-9-14(20)19-7-4-3-5-13(19)18-11/h3-9,12,17H,2,10H2,1H3. The molecule has 1 unspecified atom stereocenters. The van der Waals surface area contributed by atoms with Crippen LogP contribution in [0.5, 0.6) is 0 Å². The summed E-state index contributed by atoms with van der Waals surface area (Å²) < 4.78 is 1.54. The summed E-state index contributed by atoms with van der Waals surface area (Å²) in [6.45, 7) is 2.67. The number of hydrogen-bond acceptors (Lipinski definition) is 5. The van der Waals surface area contributed by atoms with E-state index in [0.29, 0.717) is 12.2 Å². The molecule has 0 fully saturated rings. The molecule has 0 aliphatic rings. The van der Waals surface area contributed by atoms with Gasteiger partial charge in [0.25, 0.3) is 5.56 Å². The van der Waals surface area contributed by atoms with Crippen LogP contribution in [0.2, 0.25) is 0 Å². The quantitative estimate of drug-likeness (QED) is 0.786. The van der Waals surface area contributed by atoms with E-state index in [-0.39, 0.29) is 11.6 Å². The van der Waals surface area contributed by atoms with E-state index in [0.717, 1.165) is 17.1 Å². The van der Waals surface area contributed by atoms with E-state index < -0.39 is 0 Å². The summed E-state index contributed by atoms with van der Waals surface area (Å²) in [5.74, 6) is 0. The Morgan fingerprint density at radius 2 is 2.33 bits per heavy atom. The van der Waals surface area contributed by atoms with Crippen molar-refractivity contribution in [2.45, 2.75) is 25.9 Å². The van der Waals surface area contributed by atoms with Crippen molar-refractivity contribution in [3.8, 4) is 0 Å². The molecule has 0 radical (unpaired) electrons. The first-order valence-electron chi connectivity index (χ1n) is 6.88. The molecule has 21 heavy (non-hydrogen) atoms. The van der Waals surface area contributed by atoms with Gasteiger partial charge in [0.05, 0.1) is 11.7 Å². The van der Waals surface area contributed by atoms with Gasteiger partial charge in [-0.15, -0.1) is 11.3 Å². The topological polar surface area (TPSA) is 59.3 Å². The molecule has 0 bridgehead atoms. The van der Waals surface area contributed by atoms with Crippen LogP contribution in [0.25, 0.3) is 5.65 Å². The lowest BCUT2D eigenvalue weighted by Crippen LogP contribution is -2.23. The Bertz CT molecular complexity index is 782. The normalized spacial score (nSPS) is 12.6. The molecule has 0 spiro atoms. The molecule has 0 aliphatic heterocycles. The molecular weight excluding hydrogens is 284 g/mol. The third-order valence-electron chi connectivity index (χ3n) is 3.31. The molecule has 0 aliphatic carbocycles. The predicted molar refractivity (Wildman–Crippen MR) is 83.4 cm³/mol. The van der Waals surface area contributed by atoms with Gasteiger partial charge < -0.3 is 5.32 Å². The molecule has 3 aromatic rings. The van der Waals surface area contributed by atoms with Crippen molar-refractivity contribution in [2.24, 2.45) is 0 Å². The Morgan fingerprint density at radius 1 is 1.43 bits per heavy atom. The Labute approximate surface area is 126 Å². The third-order valence-corrected chi connectivity index (χ3v) is 4.20. The highest BCUT2D eigenvalue weighted by atomic mass is 32.1. The summed E-state index contributed by atoms with van der Waals surface area (Å²) in [6.07, 6.45) is 4.48. The van der Waals surface area contributed by atoms with Crippen molar-refractivity contribution in [1.82, 2.24) is 19.7 Å². The van der Waals surface area contributed by atoms with E-state index in [2.05, 4.69) is 22.2 Å². The lowest BCUT2D eigenvalue weighted by atomic mass is 10.2. The maximum absolute atomic E-state index is 12.0. The maximum atomic E-state index is 12.0. The smallest absolute Gasteiger partial charge is 0.258 e. The summed E-state index contributed by atoms with van der Waals surface area (Å²) in [6, 6.07) is 7.31. The van der Waals surface area contributed by atoms with E-state index in [1.165, 1.54) is 0 Å². The fourth-order valence-corrected chi connectivity index (χ4v) is 3.03. The Hall–Kier alpha value is -2.05. The predicted octanol–water partition coefficient (Wildman–Crippen LogP) is 2.39. The highest BCUT2D eigenvalue weighted by Crippen LogP contribution is 2.18. The summed E-state index contributed by atoms with van der Waals surface area (Å²) in [7, 11) is 0. The lowest BCUT2D eigenvalue weighted by Gasteiger charge is -2.14. The fourth-order valence-electron chi connectivity index (χ4n) is 2.23. The van der Waals surface area contributed by atoms with Gasteiger partial charge in [-0.05, 0) is 18.6 Å². The number of nitrogens with one attached hydrogen (secondary N) is 1. The van der Waals surface area contributed by atoms with Crippen LogP contribution in [0.4, 0.5) is 0 Å². The van der Waals surface area contributed by atoms with Crippen molar-refractivity contribution >= 4 is 17.0 Å². The summed E-state index contributed by atoms with van der Waals surface area (Å²) in [4.78, 5) is 20.9. The number of thiazole rings is 1. The zero-order valence-corrected chi connectivity index (χ0v) is 12.5. The van der Waals surface area contributed by atoms with Gasteiger partial charge >= 0.3 is 0 Å². The average molecular weight is 300 g/mol. The van der Waals surface area contributed by atoms with Crippen molar-refractivity contribution < 1.29 is 0 Å². The molecule has 0 amide bonds. The van der Waals surface area contributed by atoms with Gasteiger partial charge in [-0.1, -0.05) is 13.0 Å². The van der Waals surface area contributed by atoms with Crippen molar-refractivity contribution in [3.63, 3.8) is 0 Å². The Morgan fingerprint density at radius 3 is 3.10 bits per heavy atom. The number of pyridine rings is 1. The summed E-state index contributed by atoms with van der Waals surface area (Å²) >= 11 is 1.64. The molecule has 3 aromatic heterocycles. The van der Waals surface area contributed by atoms with Crippen LogP contribution in [0.1, 0.15) is 30.1 Å². The number of hydrogen-bond donors (Lipinski definition) is 1. The van der Waals surface area contributed by atoms with Crippen molar-refractivity contribution in [3.05, 3.63) is 63.1 Å². The lowest BCUT2D eigenvalue weighted by molar-refractivity contribution is 0.512. The molecule has 5 nitrogen and oxygen atoms in total. The second-order valence-corrected chi connectivity index (χ2v) is 5.65. The first kappa shape index (κ1) is 13.9. The van der Waals surface area contributed by atoms with Crippen LogP contribution >= 0.6 is 11.3 Å². The van der Waals surface area contributed by atoms with Crippen LogP contribution in [-0.4, -0.2) is 14.4 Å². The third kappa shape index (κ3) is 3.01. The van der Waals surface area contributed by atoms with Crippen molar-refractivity contribution in [2.75, 3.05) is 0 Å².